The van der Waals surface area contributed by atoms with Crippen LogP contribution in [0.2, 0.25) is 0 Å². The zero-order valence-corrected chi connectivity index (χ0v) is 43.3. The van der Waals surface area contributed by atoms with Gasteiger partial charge in [-0.05, 0) is 57.9 Å². The number of aliphatic hydroxyl groups excluding tert-OH is 2. The van der Waals surface area contributed by atoms with Crippen LogP contribution in [0.1, 0.15) is 101 Å². The van der Waals surface area contributed by atoms with Crippen molar-refractivity contribution in [1.82, 2.24) is 9.80 Å². The Bertz CT molecular complexity index is 2840. The second kappa shape index (κ2) is 22.8. The Morgan fingerprint density at radius 3 is 2.32 bits per heavy atom. The van der Waals surface area contributed by atoms with E-state index in [1.54, 1.807) is 64.2 Å². The first-order valence-corrected chi connectivity index (χ1v) is 25.6. The second-order valence-electron chi connectivity index (χ2n) is 20.6. The Labute approximate surface area is 430 Å². The average Bonchev–Trinajstić information content (AvgIpc) is 3.90. The van der Waals surface area contributed by atoms with Gasteiger partial charge in [0.05, 0.1) is 49.3 Å². The van der Waals surface area contributed by atoms with Crippen LogP contribution in [0.3, 0.4) is 0 Å². The number of carbonyl (C=O) groups is 4. The summed E-state index contributed by atoms with van der Waals surface area (Å²) in [5, 5.41) is 53.4. The van der Waals surface area contributed by atoms with Crippen molar-refractivity contribution in [3.8, 4) is 28.7 Å². The van der Waals surface area contributed by atoms with Crippen molar-refractivity contribution in [2.75, 3.05) is 57.6 Å². The van der Waals surface area contributed by atoms with Crippen LogP contribution in [0.15, 0.2) is 64.3 Å². The van der Waals surface area contributed by atoms with Crippen LogP contribution in [-0.2, 0) is 23.9 Å². The first-order chi connectivity index (χ1) is 35.4. The number of phenols is 2. The van der Waals surface area contributed by atoms with E-state index in [1.165, 1.54) is 12.3 Å². The van der Waals surface area contributed by atoms with E-state index < -0.39 is 66.0 Å². The molecular formula is C55H70N6O13. The Balaban J connectivity index is 1.02. The molecule has 6 aliphatic rings. The largest absolute Gasteiger partial charge is 0.507 e. The summed E-state index contributed by atoms with van der Waals surface area (Å²) in [6.45, 7) is 12.4. The van der Waals surface area contributed by atoms with E-state index in [2.05, 4.69) is 34.4 Å². The summed E-state index contributed by atoms with van der Waals surface area (Å²) in [5.74, 6) is -1.98. The number of benzene rings is 3. The van der Waals surface area contributed by atoms with Crippen LogP contribution in [-0.4, -0.2) is 137 Å². The zero-order chi connectivity index (χ0) is 53.0. The number of aromatic hydroxyl groups is 2. The number of allylic oxidation sites excluding steroid dienone is 3. The van der Waals surface area contributed by atoms with Crippen molar-refractivity contribution in [2.24, 2.45) is 21.8 Å². The van der Waals surface area contributed by atoms with Gasteiger partial charge in [0.15, 0.2) is 5.75 Å². The predicted molar refractivity (Wildman–Crippen MR) is 275 cm³/mol. The van der Waals surface area contributed by atoms with Gasteiger partial charge in [-0.25, -0.2) is 4.99 Å². The van der Waals surface area contributed by atoms with E-state index in [-0.39, 0.29) is 87.3 Å². The molecule has 19 heteroatoms. The lowest BCUT2D eigenvalue weighted by Gasteiger charge is -2.38. The number of likely N-dealkylation sites (tertiary alicyclic amines) is 2. The van der Waals surface area contributed by atoms with Gasteiger partial charge in [-0.15, -0.1) is 0 Å². The van der Waals surface area contributed by atoms with E-state index in [4.69, 9.17) is 28.7 Å². The minimum atomic E-state index is -1.48. The summed E-state index contributed by atoms with van der Waals surface area (Å²) in [4.78, 5) is 68.7. The van der Waals surface area contributed by atoms with Gasteiger partial charge in [0.2, 0.25) is 11.7 Å². The molecule has 5 bridgehead atoms. The molecule has 9 rings (SSSR count). The monoisotopic (exact) mass is 1020 g/mol. The van der Waals surface area contributed by atoms with Crippen molar-refractivity contribution < 1.29 is 63.3 Å². The number of aliphatic hydroxyl groups is 2. The minimum Gasteiger partial charge on any atom is -0.507 e. The summed E-state index contributed by atoms with van der Waals surface area (Å²) in [6.07, 6.45) is 5.47. The summed E-state index contributed by atoms with van der Waals surface area (Å²) >= 11 is 0. The van der Waals surface area contributed by atoms with Gasteiger partial charge in [0.25, 0.3) is 5.91 Å². The molecule has 0 saturated carbocycles. The summed E-state index contributed by atoms with van der Waals surface area (Å²) in [6, 6.07) is 5.60. The number of phenolic OH excluding ortho intramolecular Hbond substituents is 2. The fourth-order valence-corrected chi connectivity index (χ4v) is 10.4. The number of hydrogen-bond donors (Lipinski definition) is 6. The highest BCUT2D eigenvalue weighted by molar-refractivity contribution is 6.20. The lowest BCUT2D eigenvalue weighted by molar-refractivity contribution is -0.155. The first-order valence-electron chi connectivity index (χ1n) is 25.6. The lowest BCUT2D eigenvalue weighted by atomic mass is 9.93. The quantitative estimate of drug-likeness (QED) is 0.0881. The lowest BCUT2D eigenvalue weighted by Crippen LogP contribution is -2.47. The standard InChI is InChI=1S/C55H70N6O13/c1-30(2)29-60-20-16-55(17-21-60)58-46-43-44-49(66)33(5)52-45(43)51(68)54(74-52)72-22-9-8-13-37(25-36(62)26-40(63)31(3)11-10-12-32(4)53(69)57-48(50(44)67)47(46)59-55)73-42(65)28-41(64)61-18-14-34(15-19-61)56-35-23-38(70-6)27-39(24-35)71-7/h9-12,22-24,27,30-31,34,36-37,40,54,56,58,62-63,66-67H,8,13-21,25-26,28-29H2,1-7H3/b11-10+,22-9+,32-12-,57-48?/t31?,36?,37-,40-,54+/m1/s1. The number of methoxy groups -OCH3 is 2. The van der Waals surface area contributed by atoms with E-state index in [1.807, 2.05) is 12.1 Å². The van der Waals surface area contributed by atoms with Crippen LogP contribution in [0.4, 0.5) is 11.4 Å². The Morgan fingerprint density at radius 2 is 1.65 bits per heavy atom. The van der Waals surface area contributed by atoms with Crippen LogP contribution in [0, 0.1) is 18.8 Å². The number of Topliss-reactive ketones (excluding diaryl/α,β-unsaturated/α-hetero) is 1. The van der Waals surface area contributed by atoms with Gasteiger partial charge < -0.3 is 64.5 Å². The smallest absolute Gasteiger partial charge is 0.315 e. The van der Waals surface area contributed by atoms with Crippen LogP contribution < -0.4 is 35.6 Å². The number of ketones is 1. The fourth-order valence-electron chi connectivity index (χ4n) is 10.4. The Hall–Kier alpha value is -6.70. The molecule has 1 spiro atoms. The Kier molecular flexibility index (Phi) is 16.5. The van der Waals surface area contributed by atoms with Crippen LogP contribution >= 0.6 is 0 Å². The molecule has 3 aromatic rings. The predicted octanol–water partition coefficient (Wildman–Crippen LogP) is 5.49. The topological polar surface area (TPSA) is 251 Å². The van der Waals surface area contributed by atoms with E-state index in [0.29, 0.717) is 61.9 Å². The third kappa shape index (κ3) is 11.8. The van der Waals surface area contributed by atoms with Crippen molar-refractivity contribution in [2.45, 2.75) is 129 Å². The molecule has 6 aliphatic heterocycles. The number of rotatable bonds is 9. The maximum Gasteiger partial charge on any atom is 0.315 e. The second-order valence-corrected chi connectivity index (χ2v) is 20.6. The van der Waals surface area contributed by atoms with E-state index in [0.717, 1.165) is 25.3 Å². The summed E-state index contributed by atoms with van der Waals surface area (Å²) in [5.41, 5.74) is 0.712. The maximum atomic E-state index is 14.4. The maximum absolute atomic E-state index is 14.4. The third-order valence-corrected chi connectivity index (χ3v) is 14.6. The molecule has 6 heterocycles. The number of piperidine rings is 2. The average molecular weight is 1020 g/mol. The molecule has 3 aromatic carbocycles. The molecule has 0 aliphatic carbocycles. The fraction of sp³-hybridized carbons (Fsp3) is 0.527. The number of ether oxygens (including phenoxy) is 5. The molecule has 0 aromatic heterocycles. The highest BCUT2D eigenvalue weighted by Crippen LogP contribution is 2.49. The van der Waals surface area contributed by atoms with Crippen molar-refractivity contribution in [3.05, 3.63) is 76.2 Å². The van der Waals surface area contributed by atoms with Gasteiger partial charge in [-0.1, -0.05) is 39.0 Å². The van der Waals surface area contributed by atoms with Gasteiger partial charge in [-0.3, -0.25) is 24.2 Å². The number of nitrogens with one attached hydrogen (secondary N) is 2. The molecule has 0 radical (unpaired) electrons. The van der Waals surface area contributed by atoms with Crippen LogP contribution in [0.5, 0.6) is 28.7 Å². The number of fused-ring (bicyclic) bond motifs is 13. The summed E-state index contributed by atoms with van der Waals surface area (Å²) in [7, 11) is 3.17. The van der Waals surface area contributed by atoms with Gasteiger partial charge >= 0.3 is 12.3 Å². The zero-order valence-electron chi connectivity index (χ0n) is 43.3. The number of esters is 1. The molecule has 74 heavy (non-hydrogen) atoms. The molecule has 398 valence electrons. The number of carbonyl (C=O) groups excluding carboxylic acids is 4. The van der Waals surface area contributed by atoms with Gasteiger partial charge in [0.1, 0.15) is 51.9 Å². The first kappa shape index (κ1) is 53.6. The molecule has 19 nitrogen and oxygen atoms in total. The molecular weight excluding hydrogens is 953 g/mol. The minimum absolute atomic E-state index is 0.0466. The molecule has 6 N–H and O–H groups in total. The van der Waals surface area contributed by atoms with Crippen molar-refractivity contribution >= 4 is 45.7 Å². The van der Waals surface area contributed by atoms with E-state index in [9.17, 15) is 39.6 Å². The molecule has 2 fully saturated rings. The SMILES string of the molecule is COc1cc(NC2CCN(C(=O)CC(=O)O[C@@H]3CC/C=C/O[C@H]4Oc5c(C)c(O)c6c(O)c(c7c(c6c5C4=O)NC4(CCN(CC(C)C)CC4)N=7)=NC(=O)/C(C)=C\C=C\C(C)[C@H](O)CC(O)C3)CC2)cc(OC)c1. The highest BCUT2D eigenvalue weighted by atomic mass is 16.7. The van der Waals surface area contributed by atoms with Crippen molar-refractivity contribution in [1.29, 1.82) is 0 Å². The van der Waals surface area contributed by atoms with Gasteiger partial charge in [0, 0.05) is 104 Å². The molecule has 2 amide bonds. The van der Waals surface area contributed by atoms with Crippen LogP contribution in [0.25, 0.3) is 10.8 Å². The van der Waals surface area contributed by atoms with Crippen molar-refractivity contribution in [3.63, 3.8) is 0 Å². The number of nitrogens with zero attached hydrogens (tertiary/aromatic N) is 4. The highest BCUT2D eigenvalue weighted by Gasteiger charge is 2.44. The summed E-state index contributed by atoms with van der Waals surface area (Å²) < 4.78 is 28.6. The van der Waals surface area contributed by atoms with Gasteiger partial charge in [-0.2, -0.15) is 0 Å². The molecule has 2 unspecified atom stereocenters. The number of anilines is 2. The van der Waals surface area contributed by atoms with E-state index >= 15 is 0 Å². The molecule has 2 saturated heterocycles. The number of hydrogen-bond acceptors (Lipinski definition) is 17. The Morgan fingerprint density at radius 1 is 0.946 bits per heavy atom. The third-order valence-electron chi connectivity index (χ3n) is 14.6. The molecule has 5 atom stereocenters. The normalized spacial score (nSPS) is 25.2. The number of amides is 2.